The molecule has 1 aliphatic rings. The Balaban J connectivity index is 1.43. The van der Waals surface area contributed by atoms with Gasteiger partial charge in [-0.25, -0.2) is 0 Å². The van der Waals surface area contributed by atoms with E-state index >= 15 is 0 Å². The van der Waals surface area contributed by atoms with Crippen molar-refractivity contribution < 1.29 is 14.3 Å². The fourth-order valence-corrected chi connectivity index (χ4v) is 3.85. The second-order valence-electron chi connectivity index (χ2n) is 7.75. The molecule has 7 nitrogen and oxygen atoms in total. The minimum atomic E-state index is -0.0549. The molecule has 30 heavy (non-hydrogen) atoms. The first-order valence-corrected chi connectivity index (χ1v) is 10.5. The third kappa shape index (κ3) is 6.26. The predicted molar refractivity (Wildman–Crippen MR) is 118 cm³/mol. The van der Waals surface area contributed by atoms with Crippen LogP contribution in [0.2, 0.25) is 0 Å². The van der Waals surface area contributed by atoms with Gasteiger partial charge >= 0.3 is 0 Å². The van der Waals surface area contributed by atoms with Crippen LogP contribution in [0.1, 0.15) is 18.5 Å². The number of hydrogen-bond donors (Lipinski definition) is 2. The monoisotopic (exact) mass is 412 g/mol. The number of fused-ring (bicyclic) bond motifs is 1. The molecule has 0 aliphatic carbocycles. The maximum atomic E-state index is 12.6. The molecular weight excluding hydrogens is 380 g/mol. The molecule has 1 aliphatic heterocycles. The van der Waals surface area contributed by atoms with Gasteiger partial charge in [0.2, 0.25) is 11.8 Å². The van der Waals surface area contributed by atoms with E-state index in [2.05, 4.69) is 44.7 Å². The van der Waals surface area contributed by atoms with E-state index in [1.165, 1.54) is 10.8 Å². The molecular formula is C23H32N4O3. The molecule has 1 fully saturated rings. The van der Waals surface area contributed by atoms with Crippen LogP contribution in [0.15, 0.2) is 42.5 Å². The molecule has 3 rings (SSSR count). The van der Waals surface area contributed by atoms with Crippen molar-refractivity contribution in [2.45, 2.75) is 13.0 Å². The smallest absolute Gasteiger partial charge is 0.234 e. The van der Waals surface area contributed by atoms with Gasteiger partial charge in [-0.1, -0.05) is 42.5 Å². The lowest BCUT2D eigenvalue weighted by Crippen LogP contribution is -2.51. The van der Waals surface area contributed by atoms with E-state index in [4.69, 9.17) is 4.74 Å². The molecule has 1 saturated heterocycles. The van der Waals surface area contributed by atoms with E-state index in [0.717, 1.165) is 31.7 Å². The zero-order valence-corrected chi connectivity index (χ0v) is 17.9. The number of piperazine rings is 1. The van der Waals surface area contributed by atoms with Gasteiger partial charge in [-0.3, -0.25) is 19.4 Å². The number of nitrogens with zero attached hydrogens (tertiary/aromatic N) is 2. The molecule has 0 spiro atoms. The lowest BCUT2D eigenvalue weighted by atomic mass is 10.00. The SMILES string of the molecule is COCCNC(=O)CN1CCN(CC(=O)NC(C)c2cccc3ccccc23)CC1. The first kappa shape index (κ1) is 22.2. The Morgan fingerprint density at radius 1 is 0.967 bits per heavy atom. The van der Waals surface area contributed by atoms with Crippen LogP contribution in [0, 0.1) is 0 Å². The summed E-state index contributed by atoms with van der Waals surface area (Å²) in [5.74, 6) is 0.0448. The van der Waals surface area contributed by atoms with E-state index in [1.54, 1.807) is 7.11 Å². The van der Waals surface area contributed by atoms with Crippen molar-refractivity contribution in [3.8, 4) is 0 Å². The summed E-state index contributed by atoms with van der Waals surface area (Å²) in [4.78, 5) is 28.8. The average molecular weight is 413 g/mol. The van der Waals surface area contributed by atoms with E-state index < -0.39 is 0 Å². The third-order valence-corrected chi connectivity index (χ3v) is 5.50. The van der Waals surface area contributed by atoms with Crippen LogP contribution >= 0.6 is 0 Å². The number of nitrogens with one attached hydrogen (secondary N) is 2. The number of benzene rings is 2. The summed E-state index contributed by atoms with van der Waals surface area (Å²) < 4.78 is 4.94. The molecule has 162 valence electrons. The number of amides is 2. The number of ether oxygens (including phenoxy) is 1. The van der Waals surface area contributed by atoms with Crippen LogP contribution in [0.5, 0.6) is 0 Å². The molecule has 0 radical (unpaired) electrons. The molecule has 2 aromatic carbocycles. The van der Waals surface area contributed by atoms with Gasteiger partial charge < -0.3 is 15.4 Å². The van der Waals surface area contributed by atoms with Crippen molar-refractivity contribution in [1.82, 2.24) is 20.4 Å². The summed E-state index contributed by atoms with van der Waals surface area (Å²) >= 11 is 0. The van der Waals surface area contributed by atoms with Crippen molar-refractivity contribution >= 4 is 22.6 Å². The van der Waals surface area contributed by atoms with Crippen LogP contribution in [-0.2, 0) is 14.3 Å². The van der Waals surface area contributed by atoms with Gasteiger partial charge in [-0.2, -0.15) is 0 Å². The van der Waals surface area contributed by atoms with Crippen molar-refractivity contribution in [3.63, 3.8) is 0 Å². The normalized spacial score (nSPS) is 16.3. The Hall–Kier alpha value is -2.48. The minimum Gasteiger partial charge on any atom is -0.383 e. The maximum Gasteiger partial charge on any atom is 0.234 e. The Morgan fingerprint density at radius 3 is 2.30 bits per heavy atom. The second kappa shape index (κ2) is 11.1. The Bertz CT molecular complexity index is 844. The van der Waals surface area contributed by atoms with Gasteiger partial charge in [0, 0.05) is 39.8 Å². The van der Waals surface area contributed by atoms with Crippen molar-refractivity contribution in [2.24, 2.45) is 0 Å². The molecule has 0 saturated carbocycles. The zero-order chi connectivity index (χ0) is 21.3. The van der Waals surface area contributed by atoms with E-state index in [9.17, 15) is 9.59 Å². The average Bonchev–Trinajstić information content (AvgIpc) is 2.75. The second-order valence-corrected chi connectivity index (χ2v) is 7.75. The van der Waals surface area contributed by atoms with Gasteiger partial charge in [-0.05, 0) is 23.3 Å². The number of carbonyl (C=O) groups excluding carboxylic acids is 2. The van der Waals surface area contributed by atoms with Gasteiger partial charge in [0.25, 0.3) is 0 Å². The lowest BCUT2D eigenvalue weighted by molar-refractivity contribution is -0.125. The van der Waals surface area contributed by atoms with E-state index in [-0.39, 0.29) is 17.9 Å². The molecule has 0 aromatic heterocycles. The Labute approximate surface area is 178 Å². The summed E-state index contributed by atoms with van der Waals surface area (Å²) in [6, 6.07) is 14.4. The first-order valence-electron chi connectivity index (χ1n) is 10.5. The lowest BCUT2D eigenvalue weighted by Gasteiger charge is -2.34. The fraction of sp³-hybridized carbons (Fsp3) is 0.478. The molecule has 2 N–H and O–H groups in total. The number of carbonyl (C=O) groups is 2. The van der Waals surface area contributed by atoms with Gasteiger partial charge in [0.15, 0.2) is 0 Å². The molecule has 2 aromatic rings. The molecule has 1 heterocycles. The summed E-state index contributed by atoms with van der Waals surface area (Å²) in [6.45, 7) is 6.97. The summed E-state index contributed by atoms with van der Waals surface area (Å²) in [5, 5.41) is 8.33. The highest BCUT2D eigenvalue weighted by Gasteiger charge is 2.21. The highest BCUT2D eigenvalue weighted by atomic mass is 16.5. The molecule has 1 atom stereocenters. The third-order valence-electron chi connectivity index (χ3n) is 5.50. The van der Waals surface area contributed by atoms with Crippen LogP contribution in [-0.4, -0.2) is 81.1 Å². The van der Waals surface area contributed by atoms with Crippen LogP contribution < -0.4 is 10.6 Å². The summed E-state index contributed by atoms with van der Waals surface area (Å²) in [7, 11) is 1.62. The fourth-order valence-electron chi connectivity index (χ4n) is 3.85. The highest BCUT2D eigenvalue weighted by Crippen LogP contribution is 2.23. The molecule has 7 heteroatoms. The van der Waals surface area contributed by atoms with Crippen LogP contribution in [0.4, 0.5) is 0 Å². The van der Waals surface area contributed by atoms with Gasteiger partial charge in [0.05, 0.1) is 25.7 Å². The number of rotatable bonds is 9. The highest BCUT2D eigenvalue weighted by molar-refractivity contribution is 5.87. The van der Waals surface area contributed by atoms with Crippen molar-refractivity contribution in [3.05, 3.63) is 48.0 Å². The minimum absolute atomic E-state index is 0.0159. The molecule has 1 unspecified atom stereocenters. The Kier molecular flexibility index (Phi) is 8.19. The van der Waals surface area contributed by atoms with Crippen LogP contribution in [0.3, 0.4) is 0 Å². The van der Waals surface area contributed by atoms with Crippen molar-refractivity contribution in [1.29, 1.82) is 0 Å². The largest absolute Gasteiger partial charge is 0.383 e. The maximum absolute atomic E-state index is 12.6. The number of methoxy groups -OCH3 is 1. The first-order chi connectivity index (χ1) is 14.6. The van der Waals surface area contributed by atoms with E-state index in [1.807, 2.05) is 25.1 Å². The quantitative estimate of drug-likeness (QED) is 0.609. The number of hydrogen-bond acceptors (Lipinski definition) is 5. The Morgan fingerprint density at radius 2 is 1.60 bits per heavy atom. The predicted octanol–water partition coefficient (Wildman–Crippen LogP) is 1.40. The summed E-state index contributed by atoms with van der Waals surface area (Å²) in [5.41, 5.74) is 1.13. The van der Waals surface area contributed by atoms with Gasteiger partial charge in [-0.15, -0.1) is 0 Å². The molecule has 0 bridgehead atoms. The van der Waals surface area contributed by atoms with Gasteiger partial charge in [0.1, 0.15) is 0 Å². The summed E-state index contributed by atoms with van der Waals surface area (Å²) in [6.07, 6.45) is 0. The van der Waals surface area contributed by atoms with Crippen molar-refractivity contribution in [2.75, 3.05) is 59.5 Å². The molecule has 2 amide bonds. The topological polar surface area (TPSA) is 73.9 Å². The standard InChI is InChI=1S/C23H32N4O3/c1-18(20-9-5-7-19-6-3-4-8-21(19)20)25-23(29)17-27-13-11-26(12-14-27)16-22(28)24-10-15-30-2/h3-9,18H,10-17H2,1-2H3,(H,24,28)(H,25,29). The van der Waals surface area contributed by atoms with Crippen LogP contribution in [0.25, 0.3) is 10.8 Å². The zero-order valence-electron chi connectivity index (χ0n) is 17.9. The van der Waals surface area contributed by atoms with E-state index in [0.29, 0.717) is 26.2 Å².